The predicted molar refractivity (Wildman–Crippen MR) is 73.0 cm³/mol. The summed E-state index contributed by atoms with van der Waals surface area (Å²) in [6, 6.07) is 6.18. The first-order valence-corrected chi connectivity index (χ1v) is 6.36. The summed E-state index contributed by atoms with van der Waals surface area (Å²) in [5.41, 5.74) is 0.728. The standard InChI is InChI=1S/C14H13FN4O/c15-10-2-1-3-12(6-10)18-13(20)9-7-16-14(17-8-9)19-11-4-5-11/h1-3,6-8,11H,4-5H2,(H,18,20)(H,16,17,19). The van der Waals surface area contributed by atoms with E-state index in [2.05, 4.69) is 20.6 Å². The SMILES string of the molecule is O=C(Nc1cccc(F)c1)c1cnc(NC2CC2)nc1. The molecule has 1 aliphatic rings. The van der Waals surface area contributed by atoms with Crippen LogP contribution in [0.4, 0.5) is 16.0 Å². The summed E-state index contributed by atoms with van der Waals surface area (Å²) in [5, 5.41) is 5.73. The second kappa shape index (κ2) is 5.24. The minimum Gasteiger partial charge on any atom is -0.351 e. The second-order valence-corrected chi connectivity index (χ2v) is 4.68. The number of aromatic nitrogens is 2. The van der Waals surface area contributed by atoms with Gasteiger partial charge in [-0.1, -0.05) is 6.07 Å². The molecule has 1 aliphatic carbocycles. The van der Waals surface area contributed by atoms with E-state index in [9.17, 15) is 9.18 Å². The van der Waals surface area contributed by atoms with Gasteiger partial charge in [0.1, 0.15) is 5.82 Å². The lowest BCUT2D eigenvalue weighted by atomic mass is 10.2. The molecule has 1 aromatic carbocycles. The maximum absolute atomic E-state index is 13.0. The van der Waals surface area contributed by atoms with Gasteiger partial charge in [0, 0.05) is 24.1 Å². The van der Waals surface area contributed by atoms with Gasteiger partial charge in [0.25, 0.3) is 5.91 Å². The van der Waals surface area contributed by atoms with Crippen LogP contribution >= 0.6 is 0 Å². The number of rotatable bonds is 4. The first kappa shape index (κ1) is 12.5. The van der Waals surface area contributed by atoms with Crippen LogP contribution < -0.4 is 10.6 Å². The van der Waals surface area contributed by atoms with Gasteiger partial charge in [0.05, 0.1) is 5.56 Å². The monoisotopic (exact) mass is 272 g/mol. The van der Waals surface area contributed by atoms with E-state index in [-0.39, 0.29) is 5.91 Å². The first-order chi connectivity index (χ1) is 9.70. The molecule has 1 amide bonds. The largest absolute Gasteiger partial charge is 0.351 e. The maximum atomic E-state index is 13.0. The molecule has 0 aliphatic heterocycles. The molecule has 1 heterocycles. The Morgan fingerprint density at radius 2 is 2.00 bits per heavy atom. The number of nitrogens with one attached hydrogen (secondary N) is 2. The van der Waals surface area contributed by atoms with Gasteiger partial charge < -0.3 is 10.6 Å². The van der Waals surface area contributed by atoms with Crippen LogP contribution in [0.3, 0.4) is 0 Å². The Morgan fingerprint density at radius 3 is 2.65 bits per heavy atom. The molecule has 2 aromatic rings. The smallest absolute Gasteiger partial charge is 0.258 e. The minimum atomic E-state index is -0.400. The Balaban J connectivity index is 1.66. The van der Waals surface area contributed by atoms with Gasteiger partial charge in [0.15, 0.2) is 0 Å². The van der Waals surface area contributed by atoms with Crippen molar-refractivity contribution in [3.63, 3.8) is 0 Å². The molecule has 0 unspecified atom stereocenters. The summed E-state index contributed by atoms with van der Waals surface area (Å²) in [6.45, 7) is 0. The van der Waals surface area contributed by atoms with Gasteiger partial charge in [-0.25, -0.2) is 14.4 Å². The fourth-order valence-electron chi connectivity index (χ4n) is 1.70. The Bertz CT molecular complexity index is 625. The van der Waals surface area contributed by atoms with Crippen molar-refractivity contribution in [2.75, 3.05) is 10.6 Å². The highest BCUT2D eigenvalue weighted by Crippen LogP contribution is 2.22. The Labute approximate surface area is 115 Å². The molecule has 0 spiro atoms. The summed E-state index contributed by atoms with van der Waals surface area (Å²) in [6.07, 6.45) is 5.16. The molecule has 1 saturated carbocycles. The van der Waals surface area contributed by atoms with Crippen LogP contribution in [0.25, 0.3) is 0 Å². The van der Waals surface area contributed by atoms with Crippen molar-refractivity contribution in [3.8, 4) is 0 Å². The van der Waals surface area contributed by atoms with E-state index in [4.69, 9.17) is 0 Å². The highest BCUT2D eigenvalue weighted by molar-refractivity contribution is 6.03. The summed E-state index contributed by atoms with van der Waals surface area (Å²) in [4.78, 5) is 20.1. The van der Waals surface area contributed by atoms with Gasteiger partial charge >= 0.3 is 0 Å². The number of nitrogens with zero attached hydrogens (tertiary/aromatic N) is 2. The highest BCUT2D eigenvalue weighted by atomic mass is 19.1. The number of benzene rings is 1. The third-order valence-corrected chi connectivity index (χ3v) is 2.91. The second-order valence-electron chi connectivity index (χ2n) is 4.68. The molecule has 0 saturated heterocycles. The van der Waals surface area contributed by atoms with E-state index in [1.165, 1.54) is 30.6 Å². The van der Waals surface area contributed by atoms with Gasteiger partial charge in [0.2, 0.25) is 5.95 Å². The van der Waals surface area contributed by atoms with Crippen molar-refractivity contribution in [1.29, 1.82) is 0 Å². The van der Waals surface area contributed by atoms with Gasteiger partial charge in [-0.2, -0.15) is 0 Å². The first-order valence-electron chi connectivity index (χ1n) is 6.36. The van der Waals surface area contributed by atoms with Crippen LogP contribution in [-0.4, -0.2) is 21.9 Å². The fourth-order valence-corrected chi connectivity index (χ4v) is 1.70. The van der Waals surface area contributed by atoms with E-state index >= 15 is 0 Å². The number of carbonyl (C=O) groups excluding carboxylic acids is 1. The van der Waals surface area contributed by atoms with Crippen LogP contribution in [0.15, 0.2) is 36.7 Å². The summed E-state index contributed by atoms with van der Waals surface area (Å²) >= 11 is 0. The minimum absolute atomic E-state index is 0.329. The van der Waals surface area contributed by atoms with Crippen LogP contribution in [0.5, 0.6) is 0 Å². The lowest BCUT2D eigenvalue weighted by Gasteiger charge is -2.06. The molecular formula is C14H13FN4O. The summed E-state index contributed by atoms with van der Waals surface area (Å²) in [5.74, 6) is -0.244. The van der Waals surface area contributed by atoms with E-state index in [1.807, 2.05) is 0 Å². The average molecular weight is 272 g/mol. The number of hydrogen-bond acceptors (Lipinski definition) is 4. The molecular weight excluding hydrogens is 259 g/mol. The molecule has 0 atom stereocenters. The average Bonchev–Trinajstić information content (AvgIpc) is 3.23. The van der Waals surface area contributed by atoms with Gasteiger partial charge in [-0.05, 0) is 31.0 Å². The molecule has 0 bridgehead atoms. The molecule has 20 heavy (non-hydrogen) atoms. The zero-order valence-electron chi connectivity index (χ0n) is 10.6. The maximum Gasteiger partial charge on any atom is 0.258 e. The lowest BCUT2D eigenvalue weighted by Crippen LogP contribution is -2.14. The van der Waals surface area contributed by atoms with Crippen molar-refractivity contribution >= 4 is 17.5 Å². The van der Waals surface area contributed by atoms with Gasteiger partial charge in [-0.3, -0.25) is 4.79 Å². The van der Waals surface area contributed by atoms with Crippen molar-refractivity contribution in [3.05, 3.63) is 48.0 Å². The topological polar surface area (TPSA) is 66.9 Å². The predicted octanol–water partition coefficient (Wildman–Crippen LogP) is 2.44. The molecule has 2 N–H and O–H groups in total. The molecule has 3 rings (SSSR count). The lowest BCUT2D eigenvalue weighted by molar-refractivity contribution is 0.102. The normalized spacial score (nSPS) is 13.8. The summed E-state index contributed by atoms with van der Waals surface area (Å²) in [7, 11) is 0. The number of amides is 1. The fraction of sp³-hybridized carbons (Fsp3) is 0.214. The van der Waals surface area contributed by atoms with Crippen molar-refractivity contribution in [1.82, 2.24) is 9.97 Å². The Morgan fingerprint density at radius 1 is 1.25 bits per heavy atom. The Hall–Kier alpha value is -2.50. The van der Waals surface area contributed by atoms with Crippen LogP contribution in [-0.2, 0) is 0 Å². The Kier molecular flexibility index (Phi) is 3.28. The molecule has 0 radical (unpaired) electrons. The third kappa shape index (κ3) is 3.09. The molecule has 5 nitrogen and oxygen atoms in total. The van der Waals surface area contributed by atoms with Crippen molar-refractivity contribution < 1.29 is 9.18 Å². The van der Waals surface area contributed by atoms with Crippen molar-refractivity contribution in [2.24, 2.45) is 0 Å². The number of halogens is 1. The third-order valence-electron chi connectivity index (χ3n) is 2.91. The zero-order valence-corrected chi connectivity index (χ0v) is 10.6. The van der Waals surface area contributed by atoms with Gasteiger partial charge in [-0.15, -0.1) is 0 Å². The summed E-state index contributed by atoms with van der Waals surface area (Å²) < 4.78 is 13.0. The van der Waals surface area contributed by atoms with E-state index in [1.54, 1.807) is 6.07 Å². The quantitative estimate of drug-likeness (QED) is 0.897. The van der Waals surface area contributed by atoms with E-state index in [0.29, 0.717) is 23.2 Å². The molecule has 102 valence electrons. The van der Waals surface area contributed by atoms with E-state index < -0.39 is 5.82 Å². The number of anilines is 2. The number of carbonyl (C=O) groups is 1. The number of hydrogen-bond donors (Lipinski definition) is 2. The van der Waals surface area contributed by atoms with Crippen molar-refractivity contribution in [2.45, 2.75) is 18.9 Å². The molecule has 1 fully saturated rings. The van der Waals surface area contributed by atoms with E-state index in [0.717, 1.165) is 12.8 Å². The van der Waals surface area contributed by atoms with Crippen LogP contribution in [0, 0.1) is 5.82 Å². The highest BCUT2D eigenvalue weighted by Gasteiger charge is 2.21. The van der Waals surface area contributed by atoms with Crippen LogP contribution in [0.2, 0.25) is 0 Å². The molecule has 1 aromatic heterocycles. The zero-order chi connectivity index (χ0) is 13.9. The van der Waals surface area contributed by atoms with Crippen LogP contribution in [0.1, 0.15) is 23.2 Å². The molecule has 6 heteroatoms.